The van der Waals surface area contributed by atoms with E-state index in [-0.39, 0.29) is 0 Å². The van der Waals surface area contributed by atoms with Crippen molar-refractivity contribution in [1.29, 1.82) is 0 Å². The van der Waals surface area contributed by atoms with Crippen LogP contribution in [0.2, 0.25) is 0 Å². The van der Waals surface area contributed by atoms with Gasteiger partial charge in [0.1, 0.15) is 0 Å². The molecule has 0 bridgehead atoms. The number of hydrogen-bond donors (Lipinski definition) is 2. The van der Waals surface area contributed by atoms with E-state index in [1.807, 2.05) is 18.2 Å². The molecule has 0 atom stereocenters. The molecule has 6 nitrogen and oxygen atoms in total. The topological polar surface area (TPSA) is 58.1 Å². The van der Waals surface area contributed by atoms with Gasteiger partial charge in [0.25, 0.3) is 0 Å². The van der Waals surface area contributed by atoms with Crippen LogP contribution in [-0.2, 0) is 6.54 Å². The number of benzene rings is 2. The minimum Gasteiger partial charge on any atom is -0.490 e. The van der Waals surface area contributed by atoms with Crippen LogP contribution in [0.1, 0.15) is 18.9 Å². The molecule has 0 aliphatic carbocycles. The van der Waals surface area contributed by atoms with Crippen molar-refractivity contribution in [3.63, 3.8) is 0 Å². The molecule has 2 N–H and O–H groups in total. The van der Waals surface area contributed by atoms with Crippen LogP contribution < -0.4 is 25.0 Å². The Labute approximate surface area is 172 Å². The lowest BCUT2D eigenvalue weighted by Gasteiger charge is -2.18. The SMILES string of the molecule is CCNC(=NCc1cccc(N2CC=CC2)c1)Nc1ccc2c(c1)OCCCO2. The molecular weight excluding hydrogens is 364 g/mol. The first-order valence-electron chi connectivity index (χ1n) is 10.3. The van der Waals surface area contributed by atoms with E-state index >= 15 is 0 Å². The number of anilines is 2. The number of fused-ring (bicyclic) bond motifs is 1. The fourth-order valence-electron chi connectivity index (χ4n) is 3.40. The molecule has 2 aliphatic heterocycles. The van der Waals surface area contributed by atoms with Crippen LogP contribution in [0.15, 0.2) is 59.6 Å². The van der Waals surface area contributed by atoms with Crippen molar-refractivity contribution in [2.45, 2.75) is 19.9 Å². The first-order chi connectivity index (χ1) is 14.3. The molecule has 4 rings (SSSR count). The summed E-state index contributed by atoms with van der Waals surface area (Å²) in [5.74, 6) is 2.31. The summed E-state index contributed by atoms with van der Waals surface area (Å²) < 4.78 is 11.5. The van der Waals surface area contributed by atoms with Gasteiger partial charge >= 0.3 is 0 Å². The van der Waals surface area contributed by atoms with Gasteiger partial charge in [0.05, 0.1) is 19.8 Å². The fraction of sp³-hybridized carbons (Fsp3) is 0.348. The Hall–Kier alpha value is -3.15. The normalized spacial score (nSPS) is 15.9. The Morgan fingerprint density at radius 2 is 1.86 bits per heavy atom. The highest BCUT2D eigenvalue weighted by Gasteiger charge is 2.12. The Bertz CT molecular complexity index is 886. The minimum atomic E-state index is 0.606. The molecule has 2 aromatic carbocycles. The third-order valence-electron chi connectivity index (χ3n) is 4.87. The molecule has 2 aliphatic rings. The summed E-state index contributed by atoms with van der Waals surface area (Å²) in [5, 5.41) is 6.68. The maximum Gasteiger partial charge on any atom is 0.196 e. The first kappa shape index (κ1) is 19.2. The molecule has 0 amide bonds. The van der Waals surface area contributed by atoms with Crippen LogP contribution >= 0.6 is 0 Å². The van der Waals surface area contributed by atoms with Gasteiger partial charge in [0.2, 0.25) is 0 Å². The molecule has 0 unspecified atom stereocenters. The predicted molar refractivity (Wildman–Crippen MR) is 118 cm³/mol. The van der Waals surface area contributed by atoms with E-state index in [9.17, 15) is 0 Å². The van der Waals surface area contributed by atoms with Crippen molar-refractivity contribution < 1.29 is 9.47 Å². The Morgan fingerprint density at radius 3 is 2.69 bits per heavy atom. The molecule has 6 heteroatoms. The van der Waals surface area contributed by atoms with E-state index < -0.39 is 0 Å². The molecule has 0 saturated heterocycles. The number of aliphatic imine (C=N–C) groups is 1. The Balaban J connectivity index is 1.45. The monoisotopic (exact) mass is 392 g/mol. The highest BCUT2D eigenvalue weighted by molar-refractivity contribution is 5.93. The fourth-order valence-corrected chi connectivity index (χ4v) is 3.40. The van der Waals surface area contributed by atoms with Gasteiger partial charge < -0.3 is 25.0 Å². The minimum absolute atomic E-state index is 0.606. The van der Waals surface area contributed by atoms with Gasteiger partial charge in [0, 0.05) is 43.5 Å². The second kappa shape index (κ2) is 9.37. The number of ether oxygens (including phenoxy) is 2. The van der Waals surface area contributed by atoms with Crippen LogP contribution in [-0.4, -0.2) is 38.8 Å². The number of nitrogens with one attached hydrogen (secondary N) is 2. The number of nitrogens with zero attached hydrogens (tertiary/aromatic N) is 2. The van der Waals surface area contributed by atoms with Gasteiger partial charge in [-0.05, 0) is 36.8 Å². The summed E-state index contributed by atoms with van der Waals surface area (Å²) in [7, 11) is 0. The van der Waals surface area contributed by atoms with Crippen molar-refractivity contribution in [3.8, 4) is 11.5 Å². The van der Waals surface area contributed by atoms with Crippen LogP contribution in [0.4, 0.5) is 11.4 Å². The van der Waals surface area contributed by atoms with Crippen molar-refractivity contribution >= 4 is 17.3 Å². The van der Waals surface area contributed by atoms with Crippen molar-refractivity contribution in [2.75, 3.05) is 43.1 Å². The average Bonchev–Trinajstić information content (AvgIpc) is 3.19. The van der Waals surface area contributed by atoms with Crippen molar-refractivity contribution in [2.24, 2.45) is 4.99 Å². The van der Waals surface area contributed by atoms with Crippen LogP contribution in [0.25, 0.3) is 0 Å². The molecule has 0 spiro atoms. The van der Waals surface area contributed by atoms with Gasteiger partial charge in [-0.1, -0.05) is 24.3 Å². The van der Waals surface area contributed by atoms with E-state index in [0.717, 1.165) is 49.2 Å². The number of guanidine groups is 1. The van der Waals surface area contributed by atoms with Crippen molar-refractivity contribution in [3.05, 3.63) is 60.2 Å². The molecule has 2 aromatic rings. The van der Waals surface area contributed by atoms with E-state index in [2.05, 4.69) is 58.9 Å². The zero-order chi connectivity index (χ0) is 19.9. The second-order valence-corrected chi connectivity index (χ2v) is 7.08. The van der Waals surface area contributed by atoms with Gasteiger partial charge in [0.15, 0.2) is 17.5 Å². The van der Waals surface area contributed by atoms with Gasteiger partial charge in [-0.15, -0.1) is 0 Å². The quantitative estimate of drug-likeness (QED) is 0.460. The molecule has 152 valence electrons. The van der Waals surface area contributed by atoms with Gasteiger partial charge in [-0.2, -0.15) is 0 Å². The van der Waals surface area contributed by atoms with Crippen LogP contribution in [0.3, 0.4) is 0 Å². The summed E-state index contributed by atoms with van der Waals surface area (Å²) in [5.41, 5.74) is 3.35. The van der Waals surface area contributed by atoms with E-state index in [0.29, 0.717) is 19.8 Å². The Kier molecular flexibility index (Phi) is 6.19. The Morgan fingerprint density at radius 1 is 1.03 bits per heavy atom. The lowest BCUT2D eigenvalue weighted by Crippen LogP contribution is -2.30. The molecule has 2 heterocycles. The van der Waals surface area contributed by atoms with E-state index in [1.165, 1.54) is 11.3 Å². The van der Waals surface area contributed by atoms with Crippen LogP contribution in [0.5, 0.6) is 11.5 Å². The molecule has 0 radical (unpaired) electrons. The maximum absolute atomic E-state index is 5.79. The maximum atomic E-state index is 5.79. The largest absolute Gasteiger partial charge is 0.490 e. The van der Waals surface area contributed by atoms with Crippen LogP contribution in [0, 0.1) is 0 Å². The molecule has 0 saturated carbocycles. The second-order valence-electron chi connectivity index (χ2n) is 7.08. The molecule has 0 fully saturated rings. The zero-order valence-corrected chi connectivity index (χ0v) is 16.9. The first-order valence-corrected chi connectivity index (χ1v) is 10.3. The van der Waals surface area contributed by atoms with Crippen molar-refractivity contribution in [1.82, 2.24) is 5.32 Å². The van der Waals surface area contributed by atoms with E-state index in [4.69, 9.17) is 14.5 Å². The molecular formula is C23H28N4O2. The molecule has 29 heavy (non-hydrogen) atoms. The summed E-state index contributed by atoms with van der Waals surface area (Å²) in [4.78, 5) is 7.11. The highest BCUT2D eigenvalue weighted by Crippen LogP contribution is 2.32. The highest BCUT2D eigenvalue weighted by atomic mass is 16.5. The summed E-state index contributed by atoms with van der Waals surface area (Å²) in [6.45, 7) is 6.77. The molecule has 0 aromatic heterocycles. The number of hydrogen-bond acceptors (Lipinski definition) is 4. The van der Waals surface area contributed by atoms with Gasteiger partial charge in [-0.3, -0.25) is 0 Å². The standard InChI is InChI=1S/C23H28N4O2/c1-2-24-23(26-19-9-10-21-22(16-19)29-14-6-13-28-21)25-17-18-7-5-8-20(15-18)27-11-3-4-12-27/h3-5,7-10,15-16H,2,6,11-14,17H2,1H3,(H2,24,25,26). The third-order valence-corrected chi connectivity index (χ3v) is 4.87. The summed E-state index contributed by atoms with van der Waals surface area (Å²) in [6, 6.07) is 14.5. The third kappa shape index (κ3) is 5.02. The smallest absolute Gasteiger partial charge is 0.196 e. The summed E-state index contributed by atoms with van der Waals surface area (Å²) in [6.07, 6.45) is 5.30. The number of rotatable bonds is 5. The summed E-state index contributed by atoms with van der Waals surface area (Å²) >= 11 is 0. The van der Waals surface area contributed by atoms with E-state index in [1.54, 1.807) is 0 Å². The lowest BCUT2D eigenvalue weighted by atomic mass is 10.2. The lowest BCUT2D eigenvalue weighted by molar-refractivity contribution is 0.297. The van der Waals surface area contributed by atoms with Gasteiger partial charge in [-0.25, -0.2) is 4.99 Å². The predicted octanol–water partition coefficient (Wildman–Crippen LogP) is 3.80. The average molecular weight is 393 g/mol. The zero-order valence-electron chi connectivity index (χ0n) is 16.9.